The smallest absolute Gasteiger partial charge is 0.239 e. The number of hydrogen-bond donors (Lipinski definition) is 2. The van der Waals surface area contributed by atoms with Crippen molar-refractivity contribution in [1.82, 2.24) is 9.55 Å². The predicted molar refractivity (Wildman–Crippen MR) is 120 cm³/mol. The molecule has 0 aliphatic rings. The Bertz CT molecular complexity index is 998. The molecule has 3 aromatic rings. The second kappa shape index (κ2) is 9.60. The van der Waals surface area contributed by atoms with Crippen LogP contribution < -0.4 is 10.6 Å². The molecule has 2 aromatic carbocycles. The minimum Gasteiger partial charge on any atom is -0.325 e. The number of para-hydroxylation sites is 2. The van der Waals surface area contributed by atoms with E-state index in [0.29, 0.717) is 5.95 Å². The summed E-state index contributed by atoms with van der Waals surface area (Å²) in [4.78, 5) is 29.4. The fourth-order valence-corrected chi connectivity index (χ4v) is 3.63. The van der Waals surface area contributed by atoms with Gasteiger partial charge in [-0.1, -0.05) is 36.8 Å². The number of benzene rings is 2. The Balaban J connectivity index is 1.58. The van der Waals surface area contributed by atoms with E-state index in [1.54, 1.807) is 6.92 Å². The van der Waals surface area contributed by atoms with Gasteiger partial charge in [-0.3, -0.25) is 14.9 Å². The summed E-state index contributed by atoms with van der Waals surface area (Å²) in [6.45, 7) is 6.66. The van der Waals surface area contributed by atoms with Crippen LogP contribution in [0.25, 0.3) is 11.0 Å². The highest BCUT2D eigenvalue weighted by Gasteiger charge is 2.19. The molecule has 1 aromatic heterocycles. The number of aryl methyl sites for hydroxylation is 2. The third-order valence-corrected chi connectivity index (χ3v) is 5.65. The highest BCUT2D eigenvalue weighted by atomic mass is 32.2. The van der Waals surface area contributed by atoms with E-state index < -0.39 is 0 Å². The van der Waals surface area contributed by atoms with E-state index in [4.69, 9.17) is 0 Å². The highest BCUT2D eigenvalue weighted by molar-refractivity contribution is 8.01. The number of anilines is 2. The van der Waals surface area contributed by atoms with Crippen LogP contribution in [-0.4, -0.2) is 32.4 Å². The van der Waals surface area contributed by atoms with Crippen molar-refractivity contribution >= 4 is 46.2 Å². The molecule has 1 unspecified atom stereocenters. The Morgan fingerprint density at radius 1 is 1.10 bits per heavy atom. The molecular weight excluding hydrogens is 384 g/mol. The van der Waals surface area contributed by atoms with E-state index in [0.717, 1.165) is 35.2 Å². The maximum absolute atomic E-state index is 12.6. The molecule has 0 saturated carbocycles. The van der Waals surface area contributed by atoms with Crippen LogP contribution in [0, 0.1) is 6.92 Å². The molecule has 6 nitrogen and oxygen atoms in total. The largest absolute Gasteiger partial charge is 0.325 e. The second-order valence-electron chi connectivity index (χ2n) is 6.93. The molecule has 2 amide bonds. The molecule has 29 heavy (non-hydrogen) atoms. The number of nitrogens with one attached hydrogen (secondary N) is 2. The number of fused-ring (bicyclic) bond motifs is 1. The van der Waals surface area contributed by atoms with Gasteiger partial charge in [0.2, 0.25) is 17.8 Å². The van der Waals surface area contributed by atoms with Crippen molar-refractivity contribution in [2.24, 2.45) is 0 Å². The summed E-state index contributed by atoms with van der Waals surface area (Å²) in [6.07, 6.45) is 0.937. The van der Waals surface area contributed by atoms with Gasteiger partial charge in [0.25, 0.3) is 0 Å². The van der Waals surface area contributed by atoms with Crippen LogP contribution in [0.5, 0.6) is 0 Å². The van der Waals surface area contributed by atoms with Crippen LogP contribution in [0.2, 0.25) is 0 Å². The minimum atomic E-state index is -0.381. The van der Waals surface area contributed by atoms with E-state index >= 15 is 0 Å². The highest BCUT2D eigenvalue weighted by Crippen LogP contribution is 2.21. The Morgan fingerprint density at radius 2 is 1.83 bits per heavy atom. The normalized spacial score (nSPS) is 12.0. The van der Waals surface area contributed by atoms with Crippen molar-refractivity contribution < 1.29 is 9.59 Å². The molecular formula is C22H26N4O2S. The zero-order valence-corrected chi connectivity index (χ0v) is 17.8. The third kappa shape index (κ3) is 5.38. The van der Waals surface area contributed by atoms with Gasteiger partial charge in [-0.2, -0.15) is 0 Å². The lowest BCUT2D eigenvalue weighted by molar-refractivity contribution is -0.115. The van der Waals surface area contributed by atoms with Crippen molar-refractivity contribution in [1.29, 1.82) is 0 Å². The van der Waals surface area contributed by atoms with Crippen molar-refractivity contribution in [2.75, 3.05) is 16.4 Å². The van der Waals surface area contributed by atoms with Crippen LogP contribution in [0.1, 0.15) is 25.8 Å². The first-order valence-electron chi connectivity index (χ1n) is 9.72. The van der Waals surface area contributed by atoms with Gasteiger partial charge in [-0.05, 0) is 44.5 Å². The van der Waals surface area contributed by atoms with Crippen molar-refractivity contribution in [3.05, 3.63) is 54.1 Å². The summed E-state index contributed by atoms with van der Waals surface area (Å²) in [6, 6.07) is 15.5. The molecule has 2 N–H and O–H groups in total. The average molecular weight is 411 g/mol. The van der Waals surface area contributed by atoms with E-state index in [2.05, 4.69) is 22.5 Å². The minimum absolute atomic E-state index is 0.128. The van der Waals surface area contributed by atoms with Crippen molar-refractivity contribution in [2.45, 2.75) is 39.0 Å². The van der Waals surface area contributed by atoms with Gasteiger partial charge < -0.3 is 9.88 Å². The van der Waals surface area contributed by atoms with Gasteiger partial charge in [-0.25, -0.2) is 4.98 Å². The molecule has 0 fully saturated rings. The predicted octanol–water partition coefficient (Wildman–Crippen LogP) is 4.45. The molecule has 0 radical (unpaired) electrons. The number of rotatable bonds is 8. The number of amides is 2. The molecule has 7 heteroatoms. The van der Waals surface area contributed by atoms with Gasteiger partial charge in [0.15, 0.2) is 0 Å². The van der Waals surface area contributed by atoms with Gasteiger partial charge >= 0.3 is 0 Å². The zero-order chi connectivity index (χ0) is 20.8. The first-order valence-corrected chi connectivity index (χ1v) is 10.8. The van der Waals surface area contributed by atoms with E-state index in [9.17, 15) is 9.59 Å². The zero-order valence-electron chi connectivity index (χ0n) is 16.9. The van der Waals surface area contributed by atoms with E-state index in [1.807, 2.05) is 60.0 Å². The molecule has 0 spiro atoms. The molecule has 0 saturated heterocycles. The fourth-order valence-electron chi connectivity index (χ4n) is 2.94. The number of imidazole rings is 1. The first-order chi connectivity index (χ1) is 14.0. The summed E-state index contributed by atoms with van der Waals surface area (Å²) in [7, 11) is 0. The van der Waals surface area contributed by atoms with Crippen molar-refractivity contribution in [3.63, 3.8) is 0 Å². The summed E-state index contributed by atoms with van der Waals surface area (Å²) in [5, 5.41) is 5.39. The van der Waals surface area contributed by atoms with Gasteiger partial charge in [0.05, 0.1) is 22.0 Å². The van der Waals surface area contributed by atoms with Gasteiger partial charge in [0, 0.05) is 12.2 Å². The monoisotopic (exact) mass is 410 g/mol. The van der Waals surface area contributed by atoms with Crippen molar-refractivity contribution in [3.8, 4) is 0 Å². The quantitative estimate of drug-likeness (QED) is 0.575. The first kappa shape index (κ1) is 20.9. The number of carbonyl (C=O) groups excluding carboxylic acids is 2. The molecule has 0 aliphatic heterocycles. The molecule has 3 rings (SSSR count). The lowest BCUT2D eigenvalue weighted by Crippen LogP contribution is -2.26. The molecule has 1 atom stereocenters. The topological polar surface area (TPSA) is 76.0 Å². The number of aromatic nitrogens is 2. The number of thioether (sulfide) groups is 1. The lowest BCUT2D eigenvalue weighted by atomic mass is 10.2. The molecule has 0 aliphatic carbocycles. The maximum atomic E-state index is 12.6. The van der Waals surface area contributed by atoms with E-state index in [1.165, 1.54) is 11.8 Å². The van der Waals surface area contributed by atoms with Gasteiger partial charge in [-0.15, -0.1) is 11.8 Å². The molecule has 152 valence electrons. The van der Waals surface area contributed by atoms with Crippen LogP contribution in [0.3, 0.4) is 0 Å². The SMILES string of the molecule is CCCn1c(NC(=O)C(C)SCC(=O)Nc2ccc(C)cc2)nc2ccccc21. The van der Waals surface area contributed by atoms with Crippen LogP contribution in [0.4, 0.5) is 11.6 Å². The standard InChI is InChI=1S/C22H26N4O2S/c1-4-13-26-19-8-6-5-7-18(19)24-22(26)25-21(28)16(3)29-14-20(27)23-17-11-9-15(2)10-12-17/h5-12,16H,4,13-14H2,1-3H3,(H,23,27)(H,24,25,28). The van der Waals surface area contributed by atoms with Crippen LogP contribution >= 0.6 is 11.8 Å². The van der Waals surface area contributed by atoms with E-state index in [-0.39, 0.29) is 22.8 Å². The average Bonchev–Trinajstić information content (AvgIpc) is 3.05. The van der Waals surface area contributed by atoms with Gasteiger partial charge in [0.1, 0.15) is 0 Å². The Kier molecular flexibility index (Phi) is 6.93. The Labute approximate surface area is 175 Å². The Hall–Kier alpha value is -2.80. The fraction of sp³-hybridized carbons (Fsp3) is 0.318. The van der Waals surface area contributed by atoms with Crippen LogP contribution in [-0.2, 0) is 16.1 Å². The molecule has 0 bridgehead atoms. The summed E-state index contributed by atoms with van der Waals surface area (Å²) < 4.78 is 2.02. The number of nitrogens with zero attached hydrogens (tertiary/aromatic N) is 2. The Morgan fingerprint density at radius 3 is 2.55 bits per heavy atom. The maximum Gasteiger partial charge on any atom is 0.239 e. The number of hydrogen-bond acceptors (Lipinski definition) is 4. The van der Waals surface area contributed by atoms with Crippen LogP contribution in [0.15, 0.2) is 48.5 Å². The summed E-state index contributed by atoms with van der Waals surface area (Å²) in [5.74, 6) is 0.463. The third-order valence-electron chi connectivity index (χ3n) is 4.51. The lowest BCUT2D eigenvalue weighted by Gasteiger charge is -2.13. The summed E-state index contributed by atoms with van der Waals surface area (Å²) in [5.41, 5.74) is 3.75. The second-order valence-corrected chi connectivity index (χ2v) is 8.26. The summed E-state index contributed by atoms with van der Waals surface area (Å²) >= 11 is 1.30. The number of carbonyl (C=O) groups is 2. The molecule has 1 heterocycles.